The summed E-state index contributed by atoms with van der Waals surface area (Å²) in [5.74, 6) is 0.351. The lowest BCUT2D eigenvalue weighted by Gasteiger charge is -2.06. The molecule has 0 spiro atoms. The highest BCUT2D eigenvalue weighted by atomic mass is 16.5. The highest BCUT2D eigenvalue weighted by molar-refractivity contribution is 6.02. The first-order chi connectivity index (χ1) is 6.68. The second kappa shape index (κ2) is 3.18. The van der Waals surface area contributed by atoms with Gasteiger partial charge in [-0.3, -0.25) is 0 Å². The summed E-state index contributed by atoms with van der Waals surface area (Å²) in [5.41, 5.74) is 1.51. The van der Waals surface area contributed by atoms with E-state index in [4.69, 9.17) is 4.74 Å². The maximum absolute atomic E-state index is 11.4. The molecule has 1 aromatic rings. The lowest BCUT2D eigenvalue weighted by Crippen LogP contribution is -2.02. The zero-order valence-corrected chi connectivity index (χ0v) is 8.15. The van der Waals surface area contributed by atoms with E-state index in [1.54, 1.807) is 12.3 Å². The highest BCUT2D eigenvalue weighted by Gasteiger charge is 2.25. The first kappa shape index (κ1) is 8.81. The molecule has 1 aromatic carbocycles. The van der Waals surface area contributed by atoms with Crippen molar-refractivity contribution >= 4 is 11.7 Å². The van der Waals surface area contributed by atoms with Gasteiger partial charge < -0.3 is 9.64 Å². The van der Waals surface area contributed by atoms with E-state index >= 15 is 0 Å². The van der Waals surface area contributed by atoms with Crippen LogP contribution in [0.25, 0.3) is 5.76 Å². The van der Waals surface area contributed by atoms with Crippen LogP contribution in [0.1, 0.15) is 15.9 Å². The van der Waals surface area contributed by atoms with Crippen LogP contribution < -0.4 is 0 Å². The quantitative estimate of drug-likeness (QED) is 0.630. The summed E-state index contributed by atoms with van der Waals surface area (Å²) in [5, 5.41) is 0. The molecular formula is C11H11NO2. The molecule has 0 fully saturated rings. The van der Waals surface area contributed by atoms with Gasteiger partial charge in [0, 0.05) is 25.9 Å². The lowest BCUT2D eigenvalue weighted by molar-refractivity contribution is 0.0714. The van der Waals surface area contributed by atoms with Crippen molar-refractivity contribution in [1.82, 2.24) is 4.90 Å². The molecule has 0 amide bonds. The molecule has 3 heteroatoms. The van der Waals surface area contributed by atoms with Crippen molar-refractivity contribution in [2.75, 3.05) is 14.1 Å². The number of cyclic esters (lactones) is 1. The van der Waals surface area contributed by atoms with Crippen LogP contribution >= 0.6 is 0 Å². The second-order valence-corrected chi connectivity index (χ2v) is 3.39. The number of hydrogen-bond donors (Lipinski definition) is 0. The SMILES string of the molecule is CN(C)/C=C1\OC(=O)c2ccccc21. The third-order valence-corrected chi connectivity index (χ3v) is 1.99. The summed E-state index contributed by atoms with van der Waals surface area (Å²) in [6, 6.07) is 7.38. The van der Waals surface area contributed by atoms with Crippen LogP contribution in [0.4, 0.5) is 0 Å². The summed E-state index contributed by atoms with van der Waals surface area (Å²) in [6.45, 7) is 0. The Morgan fingerprint density at radius 3 is 2.50 bits per heavy atom. The Hall–Kier alpha value is -1.77. The minimum atomic E-state index is -0.270. The first-order valence-electron chi connectivity index (χ1n) is 4.38. The number of esters is 1. The van der Waals surface area contributed by atoms with Gasteiger partial charge in [-0.05, 0) is 6.07 Å². The molecule has 0 bridgehead atoms. The fraction of sp³-hybridized carbons (Fsp3) is 0.182. The molecule has 1 heterocycles. The van der Waals surface area contributed by atoms with Crippen molar-refractivity contribution in [3.05, 3.63) is 41.6 Å². The van der Waals surface area contributed by atoms with E-state index < -0.39 is 0 Å². The number of fused-ring (bicyclic) bond motifs is 1. The predicted molar refractivity (Wildman–Crippen MR) is 53.5 cm³/mol. The highest BCUT2D eigenvalue weighted by Crippen LogP contribution is 2.29. The number of nitrogens with zero attached hydrogens (tertiary/aromatic N) is 1. The van der Waals surface area contributed by atoms with Gasteiger partial charge in [0.1, 0.15) is 0 Å². The zero-order valence-electron chi connectivity index (χ0n) is 8.15. The molecular weight excluding hydrogens is 178 g/mol. The summed E-state index contributed by atoms with van der Waals surface area (Å²) >= 11 is 0. The fourth-order valence-corrected chi connectivity index (χ4v) is 1.42. The molecule has 2 rings (SSSR count). The smallest absolute Gasteiger partial charge is 0.344 e. The minimum Gasteiger partial charge on any atom is -0.421 e. The van der Waals surface area contributed by atoms with E-state index in [-0.39, 0.29) is 5.97 Å². The van der Waals surface area contributed by atoms with Crippen molar-refractivity contribution in [3.8, 4) is 0 Å². The Labute approximate surface area is 82.6 Å². The molecule has 0 radical (unpaired) electrons. The van der Waals surface area contributed by atoms with Gasteiger partial charge in [-0.15, -0.1) is 0 Å². The van der Waals surface area contributed by atoms with E-state index in [9.17, 15) is 4.79 Å². The topological polar surface area (TPSA) is 29.5 Å². The molecule has 0 saturated heterocycles. The van der Waals surface area contributed by atoms with Crippen LogP contribution in [-0.2, 0) is 4.74 Å². The number of carbonyl (C=O) groups excluding carboxylic acids is 1. The maximum atomic E-state index is 11.4. The number of ether oxygens (including phenoxy) is 1. The van der Waals surface area contributed by atoms with E-state index in [1.807, 2.05) is 37.2 Å². The van der Waals surface area contributed by atoms with Gasteiger partial charge in [0.15, 0.2) is 5.76 Å². The zero-order chi connectivity index (χ0) is 10.1. The van der Waals surface area contributed by atoms with Gasteiger partial charge in [0.25, 0.3) is 0 Å². The molecule has 0 N–H and O–H groups in total. The number of carbonyl (C=O) groups is 1. The van der Waals surface area contributed by atoms with Gasteiger partial charge in [0.05, 0.1) is 5.56 Å². The van der Waals surface area contributed by atoms with Crippen molar-refractivity contribution in [3.63, 3.8) is 0 Å². The van der Waals surface area contributed by atoms with Crippen LogP contribution in [0.15, 0.2) is 30.5 Å². The normalized spacial score (nSPS) is 16.7. The molecule has 72 valence electrons. The van der Waals surface area contributed by atoms with Gasteiger partial charge in [-0.1, -0.05) is 18.2 Å². The van der Waals surface area contributed by atoms with Crippen molar-refractivity contribution < 1.29 is 9.53 Å². The molecule has 0 atom stereocenters. The standard InChI is InChI=1S/C11H11NO2/c1-12(2)7-10-8-5-3-4-6-9(8)11(13)14-10/h3-7H,1-2H3/b10-7-. The molecule has 0 saturated carbocycles. The Morgan fingerprint density at radius 2 is 1.86 bits per heavy atom. The molecule has 1 aliphatic heterocycles. The Balaban J connectivity index is 2.49. The third kappa shape index (κ3) is 1.37. The molecule has 1 aliphatic rings. The van der Waals surface area contributed by atoms with Gasteiger partial charge in [0.2, 0.25) is 0 Å². The van der Waals surface area contributed by atoms with Crippen molar-refractivity contribution in [2.24, 2.45) is 0 Å². The van der Waals surface area contributed by atoms with Gasteiger partial charge in [-0.2, -0.15) is 0 Å². The van der Waals surface area contributed by atoms with Crippen LogP contribution in [0.3, 0.4) is 0 Å². The molecule has 3 nitrogen and oxygen atoms in total. The third-order valence-electron chi connectivity index (χ3n) is 1.99. The average molecular weight is 189 g/mol. The summed E-state index contributed by atoms with van der Waals surface area (Å²) in [6.07, 6.45) is 1.80. The molecule has 0 unspecified atom stereocenters. The van der Waals surface area contributed by atoms with Gasteiger partial charge in [-0.25, -0.2) is 4.79 Å². The Kier molecular flexibility index (Phi) is 2.00. The average Bonchev–Trinajstić information content (AvgIpc) is 2.44. The summed E-state index contributed by atoms with van der Waals surface area (Å²) in [7, 11) is 3.78. The van der Waals surface area contributed by atoms with E-state index in [0.29, 0.717) is 11.3 Å². The Morgan fingerprint density at radius 1 is 1.21 bits per heavy atom. The lowest BCUT2D eigenvalue weighted by atomic mass is 10.1. The largest absolute Gasteiger partial charge is 0.421 e. The summed E-state index contributed by atoms with van der Waals surface area (Å²) < 4.78 is 5.12. The van der Waals surface area contributed by atoms with Crippen LogP contribution in [0, 0.1) is 0 Å². The number of rotatable bonds is 1. The first-order valence-corrected chi connectivity index (χ1v) is 4.38. The molecule has 0 aliphatic carbocycles. The van der Waals surface area contributed by atoms with E-state index in [2.05, 4.69) is 0 Å². The molecule has 0 aromatic heterocycles. The maximum Gasteiger partial charge on any atom is 0.344 e. The van der Waals surface area contributed by atoms with Crippen molar-refractivity contribution in [2.45, 2.75) is 0 Å². The van der Waals surface area contributed by atoms with Crippen LogP contribution in [0.5, 0.6) is 0 Å². The second-order valence-electron chi connectivity index (χ2n) is 3.39. The number of hydrogen-bond acceptors (Lipinski definition) is 3. The predicted octanol–water partition coefficient (Wildman–Crippen LogP) is 1.72. The fourth-order valence-electron chi connectivity index (χ4n) is 1.42. The number of benzene rings is 1. The summed E-state index contributed by atoms with van der Waals surface area (Å²) in [4.78, 5) is 13.2. The monoisotopic (exact) mass is 189 g/mol. The van der Waals surface area contributed by atoms with E-state index in [1.165, 1.54) is 0 Å². The minimum absolute atomic E-state index is 0.270. The van der Waals surface area contributed by atoms with Crippen LogP contribution in [0.2, 0.25) is 0 Å². The van der Waals surface area contributed by atoms with E-state index in [0.717, 1.165) is 5.56 Å². The molecule has 14 heavy (non-hydrogen) atoms. The van der Waals surface area contributed by atoms with Gasteiger partial charge >= 0.3 is 5.97 Å². The van der Waals surface area contributed by atoms with Crippen LogP contribution in [-0.4, -0.2) is 25.0 Å². The van der Waals surface area contributed by atoms with Crippen molar-refractivity contribution in [1.29, 1.82) is 0 Å². The Bertz CT molecular complexity index is 408.